The molecule has 0 aromatic carbocycles. The average molecular weight is 234 g/mol. The maximum atomic E-state index is 11.8. The van der Waals surface area contributed by atoms with Gasteiger partial charge in [0.1, 0.15) is 0 Å². The normalized spacial score (nSPS) is 14.4. The molecule has 0 bridgehead atoms. The molecule has 1 aliphatic heterocycles. The van der Waals surface area contributed by atoms with Crippen LogP contribution in [0.3, 0.4) is 0 Å². The van der Waals surface area contributed by atoms with Crippen molar-refractivity contribution in [3.8, 4) is 0 Å². The van der Waals surface area contributed by atoms with Gasteiger partial charge in [0.05, 0.1) is 6.54 Å². The molecule has 1 amide bonds. The number of rotatable bonds is 5. The Morgan fingerprint density at radius 1 is 1.29 bits per heavy atom. The largest absolute Gasteiger partial charge is 0.358 e. The molecular formula is C12H18N4O. The zero-order valence-corrected chi connectivity index (χ0v) is 10.1. The molecule has 0 fully saturated rings. The van der Waals surface area contributed by atoms with Crippen molar-refractivity contribution >= 4 is 17.5 Å². The van der Waals surface area contributed by atoms with Gasteiger partial charge in [0, 0.05) is 18.9 Å². The Morgan fingerprint density at radius 3 is 2.94 bits per heavy atom. The van der Waals surface area contributed by atoms with Crippen molar-refractivity contribution in [3.05, 3.63) is 12.4 Å². The van der Waals surface area contributed by atoms with E-state index in [1.807, 2.05) is 0 Å². The van der Waals surface area contributed by atoms with Crippen LogP contribution in [0.4, 0.5) is 11.6 Å². The van der Waals surface area contributed by atoms with Gasteiger partial charge in [-0.2, -0.15) is 0 Å². The predicted molar refractivity (Wildman–Crippen MR) is 67.0 cm³/mol. The maximum Gasteiger partial charge on any atom is 0.247 e. The van der Waals surface area contributed by atoms with Gasteiger partial charge >= 0.3 is 0 Å². The minimum absolute atomic E-state index is 0.0782. The number of fused-ring (bicyclic) bond motifs is 1. The average Bonchev–Trinajstić information content (AvgIpc) is 2.37. The van der Waals surface area contributed by atoms with Crippen LogP contribution in [0.15, 0.2) is 12.4 Å². The van der Waals surface area contributed by atoms with Crippen molar-refractivity contribution in [2.75, 3.05) is 23.3 Å². The minimum Gasteiger partial charge on any atom is -0.358 e. The first kappa shape index (κ1) is 11.8. The third-order valence-electron chi connectivity index (χ3n) is 2.88. The summed E-state index contributed by atoms with van der Waals surface area (Å²) in [6.45, 7) is 3.24. The highest BCUT2D eigenvalue weighted by molar-refractivity contribution is 6.00. The molecule has 0 unspecified atom stereocenters. The highest BCUT2D eigenvalue weighted by Gasteiger charge is 2.25. The van der Waals surface area contributed by atoms with Gasteiger partial charge in [-0.3, -0.25) is 9.69 Å². The summed E-state index contributed by atoms with van der Waals surface area (Å²) in [5.41, 5.74) is 0. The van der Waals surface area contributed by atoms with E-state index in [2.05, 4.69) is 22.2 Å². The molecule has 0 saturated carbocycles. The third kappa shape index (κ3) is 2.72. The summed E-state index contributed by atoms with van der Waals surface area (Å²) in [7, 11) is 0. The number of carbonyl (C=O) groups is 1. The van der Waals surface area contributed by atoms with Crippen molar-refractivity contribution in [3.63, 3.8) is 0 Å². The Bertz CT molecular complexity index is 394. The fourth-order valence-electron chi connectivity index (χ4n) is 1.95. The van der Waals surface area contributed by atoms with Gasteiger partial charge < -0.3 is 5.32 Å². The summed E-state index contributed by atoms with van der Waals surface area (Å²) in [5.74, 6) is 1.46. The number of hydrogen-bond donors (Lipinski definition) is 1. The molecule has 1 aromatic heterocycles. The molecule has 1 N–H and O–H groups in total. The monoisotopic (exact) mass is 234 g/mol. The molecule has 0 spiro atoms. The van der Waals surface area contributed by atoms with E-state index in [1.165, 1.54) is 12.8 Å². The van der Waals surface area contributed by atoms with Crippen molar-refractivity contribution in [2.24, 2.45) is 0 Å². The van der Waals surface area contributed by atoms with Crippen LogP contribution in [0.25, 0.3) is 0 Å². The van der Waals surface area contributed by atoms with E-state index in [0.717, 1.165) is 19.4 Å². The van der Waals surface area contributed by atoms with Gasteiger partial charge in [-0.15, -0.1) is 0 Å². The van der Waals surface area contributed by atoms with E-state index < -0.39 is 0 Å². The van der Waals surface area contributed by atoms with Crippen molar-refractivity contribution in [2.45, 2.75) is 32.6 Å². The van der Waals surface area contributed by atoms with Crippen molar-refractivity contribution in [1.82, 2.24) is 9.97 Å². The second-order valence-electron chi connectivity index (χ2n) is 4.19. The van der Waals surface area contributed by atoms with E-state index in [1.54, 1.807) is 17.3 Å². The fourth-order valence-corrected chi connectivity index (χ4v) is 1.95. The van der Waals surface area contributed by atoms with Crippen LogP contribution < -0.4 is 10.2 Å². The second-order valence-corrected chi connectivity index (χ2v) is 4.19. The summed E-state index contributed by atoms with van der Waals surface area (Å²) >= 11 is 0. The van der Waals surface area contributed by atoms with Crippen LogP contribution in [-0.4, -0.2) is 29.0 Å². The molecule has 0 radical (unpaired) electrons. The Hall–Kier alpha value is -1.65. The van der Waals surface area contributed by atoms with Crippen LogP contribution in [-0.2, 0) is 4.79 Å². The number of anilines is 2. The maximum absolute atomic E-state index is 11.8. The van der Waals surface area contributed by atoms with Crippen LogP contribution in [0.1, 0.15) is 32.6 Å². The lowest BCUT2D eigenvalue weighted by atomic mass is 10.2. The number of hydrogen-bond acceptors (Lipinski definition) is 4. The van der Waals surface area contributed by atoms with Gasteiger partial charge in [0.2, 0.25) is 5.91 Å². The quantitative estimate of drug-likeness (QED) is 0.789. The molecule has 0 saturated heterocycles. The molecule has 17 heavy (non-hydrogen) atoms. The summed E-state index contributed by atoms with van der Waals surface area (Å²) in [6.07, 6.45) is 7.85. The molecule has 5 nitrogen and oxygen atoms in total. The van der Waals surface area contributed by atoms with Crippen molar-refractivity contribution < 1.29 is 4.79 Å². The van der Waals surface area contributed by atoms with Crippen LogP contribution in [0.2, 0.25) is 0 Å². The minimum atomic E-state index is 0.0782. The molecular weight excluding hydrogens is 216 g/mol. The Balaban J connectivity index is 2.02. The molecule has 0 aliphatic carbocycles. The fraction of sp³-hybridized carbons (Fsp3) is 0.583. The van der Waals surface area contributed by atoms with E-state index in [4.69, 9.17) is 0 Å². The van der Waals surface area contributed by atoms with Gasteiger partial charge in [-0.1, -0.05) is 26.2 Å². The number of aromatic nitrogens is 2. The molecule has 2 heterocycles. The number of nitrogens with zero attached hydrogens (tertiary/aromatic N) is 3. The summed E-state index contributed by atoms with van der Waals surface area (Å²) < 4.78 is 0. The van der Waals surface area contributed by atoms with E-state index in [-0.39, 0.29) is 5.91 Å². The van der Waals surface area contributed by atoms with Crippen LogP contribution in [0.5, 0.6) is 0 Å². The summed E-state index contributed by atoms with van der Waals surface area (Å²) in [4.78, 5) is 22.0. The lowest BCUT2D eigenvalue weighted by Crippen LogP contribution is -2.41. The summed E-state index contributed by atoms with van der Waals surface area (Å²) in [5, 5.41) is 2.98. The van der Waals surface area contributed by atoms with E-state index in [0.29, 0.717) is 18.2 Å². The first-order chi connectivity index (χ1) is 8.33. The number of nitrogens with one attached hydrogen (secondary N) is 1. The van der Waals surface area contributed by atoms with E-state index >= 15 is 0 Å². The van der Waals surface area contributed by atoms with Gasteiger partial charge in [0.15, 0.2) is 11.6 Å². The zero-order chi connectivity index (χ0) is 12.1. The number of carbonyl (C=O) groups excluding carboxylic acids is 1. The first-order valence-electron chi connectivity index (χ1n) is 6.18. The van der Waals surface area contributed by atoms with Crippen molar-refractivity contribution in [1.29, 1.82) is 0 Å². The first-order valence-corrected chi connectivity index (χ1v) is 6.18. The van der Waals surface area contributed by atoms with Gasteiger partial charge in [-0.05, 0) is 6.42 Å². The Kier molecular flexibility index (Phi) is 3.90. The zero-order valence-electron chi connectivity index (χ0n) is 10.1. The summed E-state index contributed by atoms with van der Waals surface area (Å²) in [6, 6.07) is 0. The van der Waals surface area contributed by atoms with Gasteiger partial charge in [0.25, 0.3) is 0 Å². The number of unbranched alkanes of at least 4 members (excludes halogenated alkanes) is 3. The lowest BCUT2D eigenvalue weighted by Gasteiger charge is -2.27. The highest BCUT2D eigenvalue weighted by atomic mass is 16.2. The molecule has 1 aliphatic rings. The Labute approximate surface area is 101 Å². The second kappa shape index (κ2) is 5.61. The van der Waals surface area contributed by atoms with Crippen LogP contribution in [0, 0.1) is 0 Å². The van der Waals surface area contributed by atoms with Crippen LogP contribution >= 0.6 is 0 Å². The SMILES string of the molecule is CCCCCCN1C(=O)CNc2nccnc21. The topological polar surface area (TPSA) is 58.1 Å². The molecule has 1 aromatic rings. The number of amides is 1. The molecule has 5 heteroatoms. The van der Waals surface area contributed by atoms with Gasteiger partial charge in [-0.25, -0.2) is 9.97 Å². The highest BCUT2D eigenvalue weighted by Crippen LogP contribution is 2.24. The predicted octanol–water partition coefficient (Wildman–Crippen LogP) is 1.82. The smallest absolute Gasteiger partial charge is 0.247 e. The molecule has 0 atom stereocenters. The lowest BCUT2D eigenvalue weighted by molar-refractivity contribution is -0.117. The molecule has 92 valence electrons. The van der Waals surface area contributed by atoms with E-state index in [9.17, 15) is 4.79 Å². The Morgan fingerprint density at radius 2 is 2.12 bits per heavy atom. The third-order valence-corrected chi connectivity index (χ3v) is 2.88. The molecule has 2 rings (SSSR count). The standard InChI is InChI=1S/C12H18N4O/c1-2-3-4-5-8-16-10(17)9-15-11-12(16)14-7-6-13-11/h6-7H,2-5,8-9H2,1H3,(H,13,15).